The SMILES string of the molecule is C=C1C=C(C(=O)N2CCCC(N)C2)C=CN1/C(C)=C(C)/C(C)=C/c1cccc(OC)c1C. The van der Waals surface area contributed by atoms with Gasteiger partial charge in [0.1, 0.15) is 5.75 Å². The fraction of sp³-hybridized carbons (Fsp3) is 0.370. The number of nitrogens with two attached hydrogens (primary N) is 1. The second kappa shape index (κ2) is 10.0. The van der Waals surface area contributed by atoms with Crippen LogP contribution in [0.5, 0.6) is 5.75 Å². The van der Waals surface area contributed by atoms with Gasteiger partial charge in [-0.3, -0.25) is 4.79 Å². The van der Waals surface area contributed by atoms with Crippen LogP contribution in [-0.4, -0.2) is 41.9 Å². The Hall–Kier alpha value is -3.05. The molecule has 5 heteroatoms. The maximum Gasteiger partial charge on any atom is 0.254 e. The molecular formula is C27H35N3O2. The van der Waals surface area contributed by atoms with Crippen LogP contribution in [0.3, 0.4) is 0 Å². The van der Waals surface area contributed by atoms with Crippen LogP contribution in [0.15, 0.2) is 71.2 Å². The smallest absolute Gasteiger partial charge is 0.254 e. The van der Waals surface area contributed by atoms with Crippen molar-refractivity contribution in [2.24, 2.45) is 5.73 Å². The molecule has 0 radical (unpaired) electrons. The first-order chi connectivity index (χ1) is 15.2. The summed E-state index contributed by atoms with van der Waals surface area (Å²) in [6, 6.07) is 6.14. The van der Waals surface area contributed by atoms with Crippen LogP contribution in [0.2, 0.25) is 0 Å². The van der Waals surface area contributed by atoms with E-state index in [1.165, 1.54) is 0 Å². The third-order valence-electron chi connectivity index (χ3n) is 6.44. The molecule has 1 saturated heterocycles. The molecule has 170 valence electrons. The number of carbonyl (C=O) groups is 1. The monoisotopic (exact) mass is 433 g/mol. The summed E-state index contributed by atoms with van der Waals surface area (Å²) in [6.07, 6.45) is 9.78. The molecule has 0 spiro atoms. The van der Waals surface area contributed by atoms with E-state index in [1.54, 1.807) is 7.11 Å². The molecule has 2 N–H and O–H groups in total. The molecule has 0 bridgehead atoms. The summed E-state index contributed by atoms with van der Waals surface area (Å²) in [6.45, 7) is 13.9. The quantitative estimate of drug-likeness (QED) is 0.670. The number of allylic oxidation sites excluding steroid dienone is 4. The number of piperidine rings is 1. The van der Waals surface area contributed by atoms with Crippen molar-refractivity contribution in [2.75, 3.05) is 20.2 Å². The van der Waals surface area contributed by atoms with Crippen molar-refractivity contribution in [3.8, 4) is 5.75 Å². The van der Waals surface area contributed by atoms with Crippen molar-refractivity contribution in [2.45, 2.75) is 46.6 Å². The number of likely N-dealkylation sites (tertiary alicyclic amines) is 1. The summed E-state index contributed by atoms with van der Waals surface area (Å²) in [7, 11) is 1.69. The van der Waals surface area contributed by atoms with Crippen molar-refractivity contribution >= 4 is 12.0 Å². The number of rotatable bonds is 5. The fourth-order valence-corrected chi connectivity index (χ4v) is 4.20. The van der Waals surface area contributed by atoms with Gasteiger partial charge in [0.05, 0.1) is 7.11 Å². The van der Waals surface area contributed by atoms with E-state index in [1.807, 2.05) is 40.3 Å². The summed E-state index contributed by atoms with van der Waals surface area (Å²) < 4.78 is 5.45. The van der Waals surface area contributed by atoms with E-state index in [9.17, 15) is 4.79 Å². The van der Waals surface area contributed by atoms with Crippen molar-refractivity contribution in [3.63, 3.8) is 0 Å². The molecule has 3 rings (SSSR count). The highest BCUT2D eigenvalue weighted by Crippen LogP contribution is 2.29. The maximum absolute atomic E-state index is 12.9. The zero-order valence-electron chi connectivity index (χ0n) is 19.9. The molecule has 1 atom stereocenters. The molecule has 1 aromatic rings. The highest BCUT2D eigenvalue weighted by Gasteiger charge is 2.25. The Labute approximate surface area is 192 Å². The van der Waals surface area contributed by atoms with Crippen LogP contribution in [-0.2, 0) is 4.79 Å². The Bertz CT molecular complexity index is 1030. The molecule has 1 fully saturated rings. The molecule has 0 aliphatic carbocycles. The first-order valence-corrected chi connectivity index (χ1v) is 11.2. The van der Waals surface area contributed by atoms with Crippen LogP contribution < -0.4 is 10.5 Å². The lowest BCUT2D eigenvalue weighted by Gasteiger charge is -2.32. The van der Waals surface area contributed by atoms with Gasteiger partial charge in [0, 0.05) is 42.3 Å². The van der Waals surface area contributed by atoms with E-state index in [4.69, 9.17) is 10.5 Å². The molecule has 32 heavy (non-hydrogen) atoms. The highest BCUT2D eigenvalue weighted by atomic mass is 16.5. The summed E-state index contributed by atoms with van der Waals surface area (Å²) in [4.78, 5) is 16.8. The van der Waals surface area contributed by atoms with Crippen molar-refractivity contribution in [3.05, 3.63) is 82.4 Å². The van der Waals surface area contributed by atoms with Crippen molar-refractivity contribution in [1.29, 1.82) is 0 Å². The summed E-state index contributed by atoms with van der Waals surface area (Å²) in [5.74, 6) is 0.911. The van der Waals surface area contributed by atoms with Crippen LogP contribution in [0.4, 0.5) is 0 Å². The van der Waals surface area contributed by atoms with Gasteiger partial charge < -0.3 is 20.3 Å². The summed E-state index contributed by atoms with van der Waals surface area (Å²) >= 11 is 0. The highest BCUT2D eigenvalue weighted by molar-refractivity contribution is 5.97. The molecule has 2 aliphatic heterocycles. The van der Waals surface area contributed by atoms with E-state index >= 15 is 0 Å². The first-order valence-electron chi connectivity index (χ1n) is 11.2. The third-order valence-corrected chi connectivity index (χ3v) is 6.44. The van der Waals surface area contributed by atoms with Crippen LogP contribution in [0.1, 0.15) is 44.7 Å². The van der Waals surface area contributed by atoms with Crippen molar-refractivity contribution < 1.29 is 9.53 Å². The van der Waals surface area contributed by atoms with E-state index in [0.29, 0.717) is 12.1 Å². The fourth-order valence-electron chi connectivity index (χ4n) is 4.20. The number of nitrogens with zero attached hydrogens (tertiary/aromatic N) is 2. The number of methoxy groups -OCH3 is 1. The number of hydrogen-bond acceptors (Lipinski definition) is 4. The first kappa shape index (κ1) is 23.6. The van der Waals surface area contributed by atoms with Gasteiger partial charge in [0.2, 0.25) is 0 Å². The molecule has 2 aliphatic rings. The Balaban J connectivity index is 1.79. The Morgan fingerprint density at radius 1 is 1.28 bits per heavy atom. The molecule has 5 nitrogen and oxygen atoms in total. The number of ether oxygens (including phenoxy) is 1. The molecule has 2 heterocycles. The van der Waals surface area contributed by atoms with E-state index in [2.05, 4.69) is 46.4 Å². The van der Waals surface area contributed by atoms with Crippen molar-refractivity contribution in [1.82, 2.24) is 9.80 Å². The number of hydrogen-bond donors (Lipinski definition) is 1. The average molecular weight is 434 g/mol. The molecule has 1 aromatic carbocycles. The molecule has 0 saturated carbocycles. The Morgan fingerprint density at radius 3 is 2.69 bits per heavy atom. The van der Waals surface area contributed by atoms with Gasteiger partial charge in [-0.15, -0.1) is 0 Å². The second-order valence-electron chi connectivity index (χ2n) is 8.64. The minimum absolute atomic E-state index is 0.0279. The van der Waals surface area contributed by atoms with Gasteiger partial charge >= 0.3 is 0 Å². The van der Waals surface area contributed by atoms with E-state index in [-0.39, 0.29) is 11.9 Å². The average Bonchev–Trinajstić information content (AvgIpc) is 2.78. The van der Waals surface area contributed by atoms with Gasteiger partial charge in [0.25, 0.3) is 5.91 Å². The lowest BCUT2D eigenvalue weighted by Crippen LogP contribution is -2.46. The predicted octanol–water partition coefficient (Wildman–Crippen LogP) is 4.92. The number of benzene rings is 1. The van der Waals surface area contributed by atoms with Gasteiger partial charge in [-0.05, 0) is 81.0 Å². The minimum Gasteiger partial charge on any atom is -0.496 e. The van der Waals surface area contributed by atoms with Crippen LogP contribution >= 0.6 is 0 Å². The predicted molar refractivity (Wildman–Crippen MR) is 132 cm³/mol. The zero-order chi connectivity index (χ0) is 23.4. The zero-order valence-corrected chi connectivity index (χ0v) is 19.9. The summed E-state index contributed by atoms with van der Waals surface area (Å²) in [5, 5.41) is 0. The maximum atomic E-state index is 12.9. The lowest BCUT2D eigenvalue weighted by molar-refractivity contribution is -0.127. The number of amides is 1. The molecule has 0 aromatic heterocycles. The van der Waals surface area contributed by atoms with Gasteiger partial charge in [-0.1, -0.05) is 24.8 Å². The van der Waals surface area contributed by atoms with Gasteiger partial charge in [-0.25, -0.2) is 0 Å². The number of carbonyl (C=O) groups excluding carboxylic acids is 1. The Morgan fingerprint density at radius 2 is 2.03 bits per heavy atom. The molecule has 1 unspecified atom stereocenters. The van der Waals surface area contributed by atoms with Crippen LogP contribution in [0, 0.1) is 6.92 Å². The topological polar surface area (TPSA) is 58.8 Å². The normalized spacial score (nSPS) is 20.2. The van der Waals surface area contributed by atoms with E-state index in [0.717, 1.165) is 58.8 Å². The van der Waals surface area contributed by atoms with Crippen LogP contribution in [0.25, 0.3) is 6.08 Å². The standard InChI is InChI=1S/C27H35N3O2/c1-18(15-23-9-7-11-26(32-6)21(23)4)20(3)22(5)30-14-12-24(16-19(30)2)27(31)29-13-8-10-25(28)17-29/h7,9,11-12,14-16,25H,2,8,10,13,17,28H2,1,3-6H3/b18-15+,22-20+. The third kappa shape index (κ3) is 5.05. The summed E-state index contributed by atoms with van der Waals surface area (Å²) in [5.41, 5.74) is 13.1. The van der Waals surface area contributed by atoms with Gasteiger partial charge in [-0.2, -0.15) is 0 Å². The van der Waals surface area contributed by atoms with Gasteiger partial charge in [0.15, 0.2) is 0 Å². The minimum atomic E-state index is 0.0279. The second-order valence-corrected chi connectivity index (χ2v) is 8.64. The largest absolute Gasteiger partial charge is 0.496 e. The lowest BCUT2D eigenvalue weighted by atomic mass is 10.00. The molecule has 1 amide bonds. The Kier molecular flexibility index (Phi) is 7.41. The van der Waals surface area contributed by atoms with E-state index < -0.39 is 0 Å². The molecular weight excluding hydrogens is 398 g/mol.